The molecule has 5 heteroatoms. The number of aryl methyl sites for hydroxylation is 1. The van der Waals surface area contributed by atoms with Crippen LogP contribution in [0.15, 0.2) is 29.2 Å². The molecule has 1 aromatic rings. The highest BCUT2D eigenvalue weighted by Crippen LogP contribution is 2.17. The van der Waals surface area contributed by atoms with Crippen LogP contribution in [0, 0.1) is 0 Å². The van der Waals surface area contributed by atoms with E-state index >= 15 is 0 Å². The first-order valence-corrected chi connectivity index (χ1v) is 7.51. The first kappa shape index (κ1) is 15.1. The number of rotatable bonds is 6. The minimum absolute atomic E-state index is 0.0657. The second-order valence-electron chi connectivity index (χ2n) is 4.59. The summed E-state index contributed by atoms with van der Waals surface area (Å²) in [4.78, 5) is 0.312. The van der Waals surface area contributed by atoms with E-state index in [-0.39, 0.29) is 12.6 Å². The van der Waals surface area contributed by atoms with Crippen LogP contribution in [0.3, 0.4) is 0 Å². The molecule has 0 saturated heterocycles. The summed E-state index contributed by atoms with van der Waals surface area (Å²) in [6.45, 7) is 3.83. The molecule has 0 unspecified atom stereocenters. The van der Waals surface area contributed by atoms with Crippen molar-refractivity contribution in [1.29, 1.82) is 0 Å². The number of hydrogen-bond acceptors (Lipinski definition) is 3. The molecule has 4 nitrogen and oxygen atoms in total. The summed E-state index contributed by atoms with van der Waals surface area (Å²) in [5, 5.41) is 8.74. The lowest BCUT2D eigenvalue weighted by Gasteiger charge is -2.21. The molecule has 0 saturated carbocycles. The molecule has 18 heavy (non-hydrogen) atoms. The van der Waals surface area contributed by atoms with Crippen molar-refractivity contribution in [3.63, 3.8) is 0 Å². The number of aliphatic hydroxyl groups excluding tert-OH is 1. The van der Waals surface area contributed by atoms with Gasteiger partial charge in [-0.15, -0.1) is 0 Å². The fourth-order valence-corrected chi connectivity index (χ4v) is 2.92. The van der Waals surface area contributed by atoms with Gasteiger partial charge in [-0.2, -0.15) is 4.31 Å². The fraction of sp³-hybridized carbons (Fsp3) is 0.538. The van der Waals surface area contributed by atoms with Gasteiger partial charge >= 0.3 is 0 Å². The summed E-state index contributed by atoms with van der Waals surface area (Å²) in [5.74, 6) is 0. The van der Waals surface area contributed by atoms with E-state index in [0.29, 0.717) is 11.3 Å². The van der Waals surface area contributed by atoms with Crippen LogP contribution < -0.4 is 0 Å². The summed E-state index contributed by atoms with van der Waals surface area (Å²) in [7, 11) is -1.81. The van der Waals surface area contributed by atoms with Gasteiger partial charge in [-0.05, 0) is 44.4 Å². The molecule has 0 atom stereocenters. The van der Waals surface area contributed by atoms with Crippen LogP contribution >= 0.6 is 0 Å². The number of nitrogens with zero attached hydrogens (tertiary/aromatic N) is 1. The molecule has 0 bridgehead atoms. The van der Waals surface area contributed by atoms with Crippen molar-refractivity contribution < 1.29 is 13.5 Å². The van der Waals surface area contributed by atoms with Crippen molar-refractivity contribution >= 4 is 10.0 Å². The van der Waals surface area contributed by atoms with Gasteiger partial charge in [0.2, 0.25) is 10.0 Å². The Balaban J connectivity index is 2.91. The predicted octanol–water partition coefficient (Wildman–Crippen LogP) is 1.64. The zero-order valence-electron chi connectivity index (χ0n) is 11.1. The van der Waals surface area contributed by atoms with Crippen molar-refractivity contribution in [3.05, 3.63) is 29.8 Å². The van der Waals surface area contributed by atoms with Crippen molar-refractivity contribution in [2.75, 3.05) is 13.7 Å². The molecule has 102 valence electrons. The van der Waals surface area contributed by atoms with Gasteiger partial charge in [0.1, 0.15) is 0 Å². The van der Waals surface area contributed by atoms with E-state index in [1.165, 1.54) is 4.31 Å². The van der Waals surface area contributed by atoms with E-state index < -0.39 is 10.0 Å². The van der Waals surface area contributed by atoms with E-state index in [0.717, 1.165) is 12.0 Å². The lowest BCUT2D eigenvalue weighted by atomic mass is 10.1. The van der Waals surface area contributed by atoms with Gasteiger partial charge in [0, 0.05) is 19.7 Å². The molecule has 0 aliphatic rings. The molecule has 0 amide bonds. The van der Waals surface area contributed by atoms with Crippen molar-refractivity contribution in [2.45, 2.75) is 37.6 Å². The molecule has 0 aliphatic heterocycles. The van der Waals surface area contributed by atoms with E-state index in [1.807, 2.05) is 13.8 Å². The van der Waals surface area contributed by atoms with Crippen LogP contribution in [0.2, 0.25) is 0 Å². The largest absolute Gasteiger partial charge is 0.396 e. The first-order chi connectivity index (χ1) is 8.39. The first-order valence-electron chi connectivity index (χ1n) is 6.07. The van der Waals surface area contributed by atoms with Crippen LogP contribution in [0.4, 0.5) is 0 Å². The van der Waals surface area contributed by atoms with E-state index in [2.05, 4.69) is 0 Å². The second-order valence-corrected chi connectivity index (χ2v) is 6.58. The maximum Gasteiger partial charge on any atom is 0.243 e. The third kappa shape index (κ3) is 3.54. The summed E-state index contributed by atoms with van der Waals surface area (Å²) in [6, 6.07) is 6.79. The summed E-state index contributed by atoms with van der Waals surface area (Å²) in [5.41, 5.74) is 1.04. The molecule has 1 N–H and O–H groups in total. The Bertz CT molecular complexity index is 466. The van der Waals surface area contributed by atoms with Gasteiger partial charge < -0.3 is 5.11 Å². The SMILES string of the molecule is CC(C)N(C)S(=O)(=O)c1ccc(CCCO)cc1. The highest BCUT2D eigenvalue weighted by Gasteiger charge is 2.22. The van der Waals surface area contributed by atoms with Crippen LogP contribution in [0.25, 0.3) is 0 Å². The van der Waals surface area contributed by atoms with Crippen LogP contribution in [0.5, 0.6) is 0 Å². The minimum atomic E-state index is -3.39. The Morgan fingerprint density at radius 1 is 1.22 bits per heavy atom. The Morgan fingerprint density at radius 3 is 2.22 bits per heavy atom. The number of benzene rings is 1. The maximum atomic E-state index is 12.2. The lowest BCUT2D eigenvalue weighted by Crippen LogP contribution is -2.33. The molecule has 1 aromatic carbocycles. The monoisotopic (exact) mass is 271 g/mol. The van der Waals surface area contributed by atoms with Crippen molar-refractivity contribution in [2.24, 2.45) is 0 Å². The topological polar surface area (TPSA) is 57.6 Å². The highest BCUT2D eigenvalue weighted by atomic mass is 32.2. The molecule has 0 aromatic heterocycles. The second kappa shape index (κ2) is 6.31. The summed E-state index contributed by atoms with van der Waals surface area (Å²) < 4.78 is 25.7. The van der Waals surface area contributed by atoms with Crippen LogP contribution in [0.1, 0.15) is 25.8 Å². The van der Waals surface area contributed by atoms with E-state index in [1.54, 1.807) is 31.3 Å². The van der Waals surface area contributed by atoms with Gasteiger partial charge in [-0.25, -0.2) is 8.42 Å². The minimum Gasteiger partial charge on any atom is -0.396 e. The summed E-state index contributed by atoms with van der Waals surface area (Å²) >= 11 is 0. The normalized spacial score (nSPS) is 12.3. The average Bonchev–Trinajstić information content (AvgIpc) is 2.35. The third-order valence-corrected chi connectivity index (χ3v) is 5.00. The van der Waals surface area contributed by atoms with Gasteiger partial charge in [-0.3, -0.25) is 0 Å². The molecular formula is C13H21NO3S. The van der Waals surface area contributed by atoms with E-state index in [4.69, 9.17) is 5.11 Å². The standard InChI is InChI=1S/C13H21NO3S/c1-11(2)14(3)18(16,17)13-8-6-12(7-9-13)5-4-10-15/h6-9,11,15H,4-5,10H2,1-3H3. The van der Waals surface area contributed by atoms with Gasteiger partial charge in [0.25, 0.3) is 0 Å². The van der Waals surface area contributed by atoms with Gasteiger partial charge in [0.05, 0.1) is 4.90 Å². The zero-order chi connectivity index (χ0) is 13.8. The smallest absolute Gasteiger partial charge is 0.243 e. The highest BCUT2D eigenvalue weighted by molar-refractivity contribution is 7.89. The Kier molecular flexibility index (Phi) is 5.31. The Labute approximate surface area is 109 Å². The molecule has 1 rings (SSSR count). The predicted molar refractivity (Wildman–Crippen MR) is 71.9 cm³/mol. The lowest BCUT2D eigenvalue weighted by molar-refractivity contribution is 0.288. The number of aliphatic hydroxyl groups is 1. The zero-order valence-corrected chi connectivity index (χ0v) is 11.9. The molecule has 0 heterocycles. The van der Waals surface area contributed by atoms with Crippen LogP contribution in [-0.2, 0) is 16.4 Å². The molecule has 0 fully saturated rings. The summed E-state index contributed by atoms with van der Waals surface area (Å²) in [6.07, 6.45) is 1.45. The van der Waals surface area contributed by atoms with Gasteiger partial charge in [0.15, 0.2) is 0 Å². The van der Waals surface area contributed by atoms with Crippen molar-refractivity contribution in [1.82, 2.24) is 4.31 Å². The number of sulfonamides is 1. The van der Waals surface area contributed by atoms with Crippen LogP contribution in [-0.4, -0.2) is 37.5 Å². The number of hydrogen-bond donors (Lipinski definition) is 1. The van der Waals surface area contributed by atoms with Crippen molar-refractivity contribution in [3.8, 4) is 0 Å². The molecular weight excluding hydrogens is 250 g/mol. The Hall–Kier alpha value is -0.910. The quantitative estimate of drug-likeness (QED) is 0.855. The maximum absolute atomic E-state index is 12.2. The molecule has 0 spiro atoms. The van der Waals surface area contributed by atoms with Gasteiger partial charge in [-0.1, -0.05) is 12.1 Å². The van der Waals surface area contributed by atoms with E-state index in [9.17, 15) is 8.42 Å². The molecule has 0 radical (unpaired) electrons. The fourth-order valence-electron chi connectivity index (χ4n) is 1.56. The third-order valence-electron chi connectivity index (χ3n) is 2.95. The Morgan fingerprint density at radius 2 is 1.78 bits per heavy atom. The molecule has 0 aliphatic carbocycles. The average molecular weight is 271 g/mol.